The Hall–Kier alpha value is -2.76. The first-order chi connectivity index (χ1) is 13.0. The van der Waals surface area contributed by atoms with Crippen LogP contribution in [0.2, 0.25) is 0 Å². The number of hydrogen-bond donors (Lipinski definition) is 1. The Balaban J connectivity index is 1.43. The summed E-state index contributed by atoms with van der Waals surface area (Å²) in [6.07, 6.45) is 3.10. The van der Waals surface area contributed by atoms with Crippen LogP contribution in [0.5, 0.6) is 0 Å². The van der Waals surface area contributed by atoms with Crippen LogP contribution < -0.4 is 5.32 Å². The maximum atomic E-state index is 13.5. The van der Waals surface area contributed by atoms with Crippen LogP contribution in [0.1, 0.15) is 53.3 Å². The molecule has 142 valence electrons. The first-order valence-corrected chi connectivity index (χ1v) is 9.05. The number of aryl methyl sites for hydroxylation is 1. The van der Waals surface area contributed by atoms with E-state index in [-0.39, 0.29) is 30.6 Å². The van der Waals surface area contributed by atoms with Crippen molar-refractivity contribution in [1.82, 2.24) is 5.32 Å². The van der Waals surface area contributed by atoms with Gasteiger partial charge >= 0.3 is 5.97 Å². The minimum Gasteiger partial charge on any atom is -0.457 e. The molecule has 0 heterocycles. The van der Waals surface area contributed by atoms with Crippen molar-refractivity contribution in [2.24, 2.45) is 0 Å². The molecule has 0 radical (unpaired) electrons. The molecule has 1 atom stereocenters. The van der Waals surface area contributed by atoms with Crippen molar-refractivity contribution in [2.75, 3.05) is 6.54 Å². The summed E-state index contributed by atoms with van der Waals surface area (Å²) in [5, 5.41) is 2.52. The molecule has 0 fully saturated rings. The molecule has 0 saturated carbocycles. The lowest BCUT2D eigenvalue weighted by Gasteiger charge is -2.25. The van der Waals surface area contributed by atoms with E-state index in [1.165, 1.54) is 5.56 Å². The molecule has 2 aromatic rings. The third-order valence-corrected chi connectivity index (χ3v) is 4.61. The second-order valence-corrected chi connectivity index (χ2v) is 6.55. The zero-order valence-corrected chi connectivity index (χ0v) is 14.8. The van der Waals surface area contributed by atoms with Gasteiger partial charge in [-0.3, -0.25) is 9.59 Å². The Bertz CT molecular complexity index is 838. The van der Waals surface area contributed by atoms with E-state index in [0.29, 0.717) is 12.5 Å². The highest BCUT2D eigenvalue weighted by Gasteiger charge is 2.23. The fourth-order valence-electron chi connectivity index (χ4n) is 3.25. The highest BCUT2D eigenvalue weighted by atomic mass is 19.1. The molecule has 0 spiro atoms. The average molecular weight is 373 g/mol. The Labute approximate surface area is 156 Å². The van der Waals surface area contributed by atoms with Crippen LogP contribution in [-0.4, -0.2) is 18.4 Å². The topological polar surface area (TPSA) is 55.4 Å². The van der Waals surface area contributed by atoms with Crippen LogP contribution in [0.4, 0.5) is 8.78 Å². The van der Waals surface area contributed by atoms with E-state index in [1.807, 2.05) is 18.2 Å². The first kappa shape index (κ1) is 19.0. The molecule has 1 amide bonds. The van der Waals surface area contributed by atoms with E-state index in [2.05, 4.69) is 11.4 Å². The Kier molecular flexibility index (Phi) is 6.16. The van der Waals surface area contributed by atoms with Gasteiger partial charge < -0.3 is 10.1 Å². The molecule has 4 nitrogen and oxygen atoms in total. The normalized spacial score (nSPS) is 15.7. The zero-order valence-electron chi connectivity index (χ0n) is 14.8. The lowest BCUT2D eigenvalue weighted by molar-refractivity contribution is -0.150. The number of amides is 1. The van der Waals surface area contributed by atoms with E-state index >= 15 is 0 Å². The van der Waals surface area contributed by atoms with Gasteiger partial charge in [-0.1, -0.05) is 24.3 Å². The van der Waals surface area contributed by atoms with Gasteiger partial charge in [0.05, 0.1) is 5.56 Å². The van der Waals surface area contributed by atoms with E-state index in [0.717, 1.165) is 37.0 Å². The molecule has 0 aromatic heterocycles. The zero-order chi connectivity index (χ0) is 19.2. The van der Waals surface area contributed by atoms with Gasteiger partial charge in [-0.25, -0.2) is 8.78 Å². The average Bonchev–Trinajstić information content (AvgIpc) is 2.65. The number of halogens is 2. The molecule has 0 bridgehead atoms. The van der Waals surface area contributed by atoms with Crippen molar-refractivity contribution in [2.45, 2.75) is 38.2 Å². The molecule has 0 aliphatic heterocycles. The summed E-state index contributed by atoms with van der Waals surface area (Å²) >= 11 is 0. The summed E-state index contributed by atoms with van der Waals surface area (Å²) in [6, 6.07) is 10.7. The Morgan fingerprint density at radius 2 is 1.96 bits per heavy atom. The number of ether oxygens (including phenoxy) is 1. The van der Waals surface area contributed by atoms with Crippen molar-refractivity contribution >= 4 is 11.9 Å². The van der Waals surface area contributed by atoms with Crippen molar-refractivity contribution in [3.8, 4) is 0 Å². The van der Waals surface area contributed by atoms with Gasteiger partial charge in [0.2, 0.25) is 0 Å². The highest BCUT2D eigenvalue weighted by Crippen LogP contribution is 2.32. The highest BCUT2D eigenvalue weighted by molar-refractivity contribution is 5.94. The third-order valence-electron chi connectivity index (χ3n) is 4.61. The van der Waals surface area contributed by atoms with Crippen LogP contribution in [0.25, 0.3) is 0 Å². The van der Waals surface area contributed by atoms with Gasteiger partial charge in [0.1, 0.15) is 17.7 Å². The number of fused-ring (bicyclic) bond motifs is 1. The van der Waals surface area contributed by atoms with Gasteiger partial charge in [-0.2, -0.15) is 0 Å². The maximum absolute atomic E-state index is 13.5. The summed E-state index contributed by atoms with van der Waals surface area (Å²) in [7, 11) is 0. The van der Waals surface area contributed by atoms with Crippen molar-refractivity contribution in [3.63, 3.8) is 0 Å². The fourth-order valence-corrected chi connectivity index (χ4v) is 3.25. The van der Waals surface area contributed by atoms with E-state index in [1.54, 1.807) is 0 Å². The van der Waals surface area contributed by atoms with E-state index in [9.17, 15) is 18.4 Å². The standard InChI is InChI=1S/C21H21F2NO3/c22-15-10-11-17(18(23)13-15)21(26)24-12-4-9-20(25)27-19-8-3-6-14-5-1-2-7-16(14)19/h1-2,5,7,10-11,13,19H,3-4,6,8-9,12H2,(H,24,26)/t19-/m0/s1. The molecular weight excluding hydrogens is 352 g/mol. The number of carbonyl (C=O) groups is 2. The molecule has 1 N–H and O–H groups in total. The van der Waals surface area contributed by atoms with Crippen LogP contribution in [-0.2, 0) is 16.0 Å². The fraction of sp³-hybridized carbons (Fsp3) is 0.333. The summed E-state index contributed by atoms with van der Waals surface area (Å²) in [5.74, 6) is -2.61. The lowest BCUT2D eigenvalue weighted by Crippen LogP contribution is -2.26. The molecule has 0 unspecified atom stereocenters. The Morgan fingerprint density at radius 1 is 1.15 bits per heavy atom. The van der Waals surface area contributed by atoms with Gasteiger partial charge in [-0.15, -0.1) is 0 Å². The number of nitrogens with one attached hydrogen (secondary N) is 1. The first-order valence-electron chi connectivity index (χ1n) is 9.05. The molecular formula is C21H21F2NO3. The maximum Gasteiger partial charge on any atom is 0.306 e. The van der Waals surface area contributed by atoms with Crippen LogP contribution in [0, 0.1) is 11.6 Å². The third kappa shape index (κ3) is 4.90. The minimum atomic E-state index is -0.914. The molecule has 3 rings (SSSR count). The van der Waals surface area contributed by atoms with Gasteiger partial charge in [0.15, 0.2) is 0 Å². The predicted octanol–water partition coefficient (Wildman–Crippen LogP) is 4.10. The SMILES string of the molecule is O=C(CCCNC(=O)c1ccc(F)cc1F)O[C@H]1CCCc2ccccc21. The monoisotopic (exact) mass is 373 g/mol. The molecule has 6 heteroatoms. The quantitative estimate of drug-likeness (QED) is 0.613. The van der Waals surface area contributed by atoms with E-state index in [4.69, 9.17) is 4.74 Å². The van der Waals surface area contributed by atoms with Crippen LogP contribution in [0.3, 0.4) is 0 Å². The minimum absolute atomic E-state index is 0.158. The summed E-state index contributed by atoms with van der Waals surface area (Å²) in [4.78, 5) is 24.0. The second-order valence-electron chi connectivity index (χ2n) is 6.55. The molecule has 2 aromatic carbocycles. The molecule has 27 heavy (non-hydrogen) atoms. The van der Waals surface area contributed by atoms with Gasteiger partial charge in [0, 0.05) is 19.0 Å². The summed E-state index contributed by atoms with van der Waals surface area (Å²) < 4.78 is 32.0. The smallest absolute Gasteiger partial charge is 0.306 e. The number of benzene rings is 2. The van der Waals surface area contributed by atoms with E-state index < -0.39 is 17.5 Å². The lowest BCUT2D eigenvalue weighted by atomic mass is 9.89. The molecule has 0 saturated heterocycles. The molecule has 1 aliphatic rings. The van der Waals surface area contributed by atoms with Gasteiger partial charge in [-0.05, 0) is 48.9 Å². The number of hydrogen-bond acceptors (Lipinski definition) is 3. The van der Waals surface area contributed by atoms with Crippen molar-refractivity contribution < 1.29 is 23.1 Å². The number of rotatable bonds is 6. The summed E-state index contributed by atoms with van der Waals surface area (Å²) in [6.45, 7) is 0.200. The number of esters is 1. The van der Waals surface area contributed by atoms with Crippen molar-refractivity contribution in [3.05, 3.63) is 70.8 Å². The Morgan fingerprint density at radius 3 is 2.78 bits per heavy atom. The summed E-state index contributed by atoms with van der Waals surface area (Å²) in [5.41, 5.74) is 2.06. The van der Waals surface area contributed by atoms with Crippen LogP contribution >= 0.6 is 0 Å². The predicted molar refractivity (Wildman–Crippen MR) is 96.1 cm³/mol. The van der Waals surface area contributed by atoms with Crippen molar-refractivity contribution in [1.29, 1.82) is 0 Å². The van der Waals surface area contributed by atoms with Crippen LogP contribution in [0.15, 0.2) is 42.5 Å². The second kappa shape index (κ2) is 8.75. The van der Waals surface area contributed by atoms with Gasteiger partial charge in [0.25, 0.3) is 5.91 Å². The molecule has 1 aliphatic carbocycles. The largest absolute Gasteiger partial charge is 0.457 e. The number of carbonyl (C=O) groups excluding carboxylic acids is 2.